The minimum Gasteiger partial charge on any atom is -0.390 e. The summed E-state index contributed by atoms with van der Waals surface area (Å²) >= 11 is 0. The van der Waals surface area contributed by atoms with Gasteiger partial charge in [0.2, 0.25) is 0 Å². The summed E-state index contributed by atoms with van der Waals surface area (Å²) < 4.78 is 0. The van der Waals surface area contributed by atoms with Gasteiger partial charge in [0.1, 0.15) is 0 Å². The molecule has 0 aliphatic rings. The van der Waals surface area contributed by atoms with Crippen molar-refractivity contribution in [3.63, 3.8) is 0 Å². The number of rotatable bonds is 2. The lowest BCUT2D eigenvalue weighted by molar-refractivity contribution is 1.09. The third-order valence-corrected chi connectivity index (χ3v) is 0.939. The fraction of sp³-hybridized carbons (Fsp3) is 0.500. The van der Waals surface area contributed by atoms with E-state index in [0.717, 1.165) is 6.42 Å². The first kappa shape index (κ1) is 7.21. The quantitative estimate of drug-likeness (QED) is 0.424. The van der Waals surface area contributed by atoms with E-state index in [9.17, 15) is 0 Å². The Bertz CT molecular complexity index is 103. The number of nitrogens with two attached hydrogens (primary N) is 1. The standard InChI is InChI=1S/C6H12N2/c1-3-6(2)4-8-5-7/h4-5H,3H2,1-2H3,(H2,7,8)/b6-4-. The molecule has 2 heteroatoms. The van der Waals surface area contributed by atoms with Crippen LogP contribution in [0.5, 0.6) is 0 Å². The first-order valence-corrected chi connectivity index (χ1v) is 2.70. The Morgan fingerprint density at radius 1 is 1.75 bits per heavy atom. The highest BCUT2D eigenvalue weighted by atomic mass is 14.8. The predicted molar refractivity (Wildman–Crippen MR) is 36.7 cm³/mol. The lowest BCUT2D eigenvalue weighted by atomic mass is 10.3. The molecule has 0 bridgehead atoms. The second-order valence-corrected chi connectivity index (χ2v) is 1.63. The van der Waals surface area contributed by atoms with Crippen LogP contribution >= 0.6 is 0 Å². The zero-order valence-corrected chi connectivity index (χ0v) is 5.39. The van der Waals surface area contributed by atoms with Crippen LogP contribution in [0.2, 0.25) is 0 Å². The molecular formula is C6H12N2. The van der Waals surface area contributed by atoms with Crippen molar-refractivity contribution in [1.29, 1.82) is 0 Å². The third kappa shape index (κ3) is 3.40. The second kappa shape index (κ2) is 4.37. The van der Waals surface area contributed by atoms with Gasteiger partial charge in [-0.05, 0) is 13.3 Å². The molecule has 0 saturated carbocycles. The summed E-state index contributed by atoms with van der Waals surface area (Å²) in [4.78, 5) is 3.73. The van der Waals surface area contributed by atoms with Gasteiger partial charge in [-0.2, -0.15) is 0 Å². The number of hydrogen-bond donors (Lipinski definition) is 1. The lowest BCUT2D eigenvalue weighted by Gasteiger charge is -1.86. The van der Waals surface area contributed by atoms with E-state index in [2.05, 4.69) is 11.9 Å². The summed E-state index contributed by atoms with van der Waals surface area (Å²) in [6, 6.07) is 0. The van der Waals surface area contributed by atoms with Crippen molar-refractivity contribution in [2.45, 2.75) is 20.3 Å². The van der Waals surface area contributed by atoms with E-state index in [0.29, 0.717) is 0 Å². The molecule has 2 nitrogen and oxygen atoms in total. The van der Waals surface area contributed by atoms with Crippen LogP contribution in [0.1, 0.15) is 20.3 Å². The molecule has 2 N–H and O–H groups in total. The van der Waals surface area contributed by atoms with E-state index in [4.69, 9.17) is 5.73 Å². The number of nitrogens with zero attached hydrogens (tertiary/aromatic N) is 1. The van der Waals surface area contributed by atoms with E-state index in [-0.39, 0.29) is 0 Å². The molecule has 0 aliphatic carbocycles. The monoisotopic (exact) mass is 112 g/mol. The minimum atomic E-state index is 1.04. The summed E-state index contributed by atoms with van der Waals surface area (Å²) in [5.41, 5.74) is 6.24. The number of aliphatic imine (C=N–C) groups is 1. The van der Waals surface area contributed by atoms with Crippen molar-refractivity contribution in [2.75, 3.05) is 0 Å². The van der Waals surface area contributed by atoms with Crippen molar-refractivity contribution in [3.05, 3.63) is 11.8 Å². The van der Waals surface area contributed by atoms with E-state index in [1.165, 1.54) is 11.9 Å². The van der Waals surface area contributed by atoms with E-state index in [1.54, 1.807) is 6.20 Å². The van der Waals surface area contributed by atoms with Gasteiger partial charge in [-0.3, -0.25) is 0 Å². The molecule has 0 spiro atoms. The van der Waals surface area contributed by atoms with Gasteiger partial charge in [-0.25, -0.2) is 4.99 Å². The second-order valence-electron chi connectivity index (χ2n) is 1.63. The Morgan fingerprint density at radius 2 is 2.38 bits per heavy atom. The third-order valence-electron chi connectivity index (χ3n) is 0.939. The van der Waals surface area contributed by atoms with Crippen molar-refractivity contribution in [1.82, 2.24) is 0 Å². The number of allylic oxidation sites excluding steroid dienone is 1. The highest BCUT2D eigenvalue weighted by molar-refractivity contribution is 5.52. The summed E-state index contributed by atoms with van der Waals surface area (Å²) in [6.07, 6.45) is 4.09. The Kier molecular flexibility index (Phi) is 3.94. The van der Waals surface area contributed by atoms with Crippen molar-refractivity contribution < 1.29 is 0 Å². The highest BCUT2D eigenvalue weighted by Crippen LogP contribution is 1.95. The van der Waals surface area contributed by atoms with Gasteiger partial charge >= 0.3 is 0 Å². The van der Waals surface area contributed by atoms with Gasteiger partial charge in [-0.1, -0.05) is 12.5 Å². The minimum absolute atomic E-state index is 1.04. The first-order chi connectivity index (χ1) is 3.81. The Labute approximate surface area is 50.1 Å². The van der Waals surface area contributed by atoms with Crippen molar-refractivity contribution >= 4 is 6.34 Å². The zero-order chi connectivity index (χ0) is 6.41. The first-order valence-electron chi connectivity index (χ1n) is 2.70. The summed E-state index contributed by atoms with van der Waals surface area (Å²) in [6.45, 7) is 4.10. The zero-order valence-electron chi connectivity index (χ0n) is 5.39. The molecule has 0 atom stereocenters. The molecule has 0 fully saturated rings. The molecule has 0 aliphatic heterocycles. The maximum absolute atomic E-state index is 5.00. The van der Waals surface area contributed by atoms with Gasteiger partial charge in [0, 0.05) is 6.20 Å². The lowest BCUT2D eigenvalue weighted by Crippen LogP contribution is -1.85. The smallest absolute Gasteiger partial charge is 0.0852 e. The Hall–Kier alpha value is -0.790. The molecule has 0 radical (unpaired) electrons. The largest absolute Gasteiger partial charge is 0.390 e. The van der Waals surface area contributed by atoms with Crippen molar-refractivity contribution in [2.24, 2.45) is 10.7 Å². The Balaban J connectivity index is 3.57. The summed E-state index contributed by atoms with van der Waals surface area (Å²) in [5.74, 6) is 0. The molecule has 46 valence electrons. The summed E-state index contributed by atoms with van der Waals surface area (Å²) in [7, 11) is 0. The van der Waals surface area contributed by atoms with Crippen LogP contribution in [0.3, 0.4) is 0 Å². The van der Waals surface area contributed by atoms with E-state index >= 15 is 0 Å². The maximum Gasteiger partial charge on any atom is 0.0852 e. The molecular weight excluding hydrogens is 100 g/mol. The van der Waals surface area contributed by atoms with Gasteiger partial charge < -0.3 is 5.73 Å². The van der Waals surface area contributed by atoms with Crippen LogP contribution in [0.4, 0.5) is 0 Å². The van der Waals surface area contributed by atoms with E-state index < -0.39 is 0 Å². The molecule has 8 heavy (non-hydrogen) atoms. The highest BCUT2D eigenvalue weighted by Gasteiger charge is 1.76. The van der Waals surface area contributed by atoms with Gasteiger partial charge in [-0.15, -0.1) is 0 Å². The molecule has 0 unspecified atom stereocenters. The molecule has 0 heterocycles. The van der Waals surface area contributed by atoms with Crippen LogP contribution in [0, 0.1) is 0 Å². The SMILES string of the molecule is CC/C(C)=C\N=CN. The molecule has 0 saturated heterocycles. The number of hydrogen-bond acceptors (Lipinski definition) is 1. The average molecular weight is 112 g/mol. The molecule has 0 aromatic rings. The molecule has 0 amide bonds. The van der Waals surface area contributed by atoms with Crippen molar-refractivity contribution in [3.8, 4) is 0 Å². The maximum atomic E-state index is 5.00. The predicted octanol–water partition coefficient (Wildman–Crippen LogP) is 1.29. The average Bonchev–Trinajstić information content (AvgIpc) is 1.83. The van der Waals surface area contributed by atoms with Crippen LogP contribution in [-0.2, 0) is 0 Å². The molecule has 0 aromatic carbocycles. The summed E-state index contributed by atoms with van der Waals surface area (Å²) in [5, 5.41) is 0. The van der Waals surface area contributed by atoms with Crippen LogP contribution in [-0.4, -0.2) is 6.34 Å². The molecule has 0 rings (SSSR count). The van der Waals surface area contributed by atoms with Crippen LogP contribution in [0.15, 0.2) is 16.8 Å². The molecule has 0 aromatic heterocycles. The fourth-order valence-electron chi connectivity index (χ4n) is 0.262. The topological polar surface area (TPSA) is 38.4 Å². The Morgan fingerprint density at radius 3 is 2.75 bits per heavy atom. The fourth-order valence-corrected chi connectivity index (χ4v) is 0.262. The van der Waals surface area contributed by atoms with Crippen LogP contribution in [0.25, 0.3) is 0 Å². The van der Waals surface area contributed by atoms with Gasteiger partial charge in [0.25, 0.3) is 0 Å². The normalized spacial score (nSPS) is 13.0. The van der Waals surface area contributed by atoms with Crippen LogP contribution < -0.4 is 5.73 Å². The van der Waals surface area contributed by atoms with E-state index in [1.807, 2.05) is 6.92 Å². The van der Waals surface area contributed by atoms with Gasteiger partial charge in [0.15, 0.2) is 0 Å². The van der Waals surface area contributed by atoms with Gasteiger partial charge in [0.05, 0.1) is 6.34 Å².